The van der Waals surface area contributed by atoms with Gasteiger partial charge in [0.25, 0.3) is 5.91 Å². The predicted octanol–water partition coefficient (Wildman–Crippen LogP) is 8.01. The summed E-state index contributed by atoms with van der Waals surface area (Å²) in [7, 11) is -2.89. The molecule has 1 saturated heterocycles. The van der Waals surface area contributed by atoms with Crippen LogP contribution < -0.4 is 15.8 Å². The Morgan fingerprint density at radius 1 is 0.967 bits per heavy atom. The van der Waals surface area contributed by atoms with Gasteiger partial charge in [0.2, 0.25) is 5.88 Å². The van der Waals surface area contributed by atoms with E-state index < -0.39 is 27.1 Å². The highest BCUT2D eigenvalue weighted by Gasteiger charge is 2.70. The Bertz CT molecular complexity index is 2070. The lowest BCUT2D eigenvalue weighted by atomic mass is 9.33. The fourth-order valence-corrected chi connectivity index (χ4v) is 16.7. The van der Waals surface area contributed by atoms with E-state index in [9.17, 15) is 23.1 Å². The topological polar surface area (TPSA) is 152 Å². The maximum Gasteiger partial charge on any atom is 0.313 e. The summed E-state index contributed by atoms with van der Waals surface area (Å²) < 4.78 is 30.1. The lowest BCUT2D eigenvalue weighted by Crippen LogP contribution is -2.68. The number of ether oxygens (including phenoxy) is 1. The predicted molar refractivity (Wildman–Crippen MR) is 236 cm³/mol. The highest BCUT2D eigenvalue weighted by Crippen LogP contribution is 2.76. The Balaban J connectivity index is 1.01. The van der Waals surface area contributed by atoms with Crippen molar-refractivity contribution in [2.24, 2.45) is 62.4 Å². The fourth-order valence-electron chi connectivity index (χ4n) is 15.5. The average Bonchev–Trinajstić information content (AvgIpc) is 3.58. The summed E-state index contributed by atoms with van der Waals surface area (Å²) in [4.78, 5) is 31.3. The smallest absolute Gasteiger partial charge is 0.313 e. The van der Waals surface area contributed by atoms with Gasteiger partial charge in [0.1, 0.15) is 17.6 Å². The first kappa shape index (κ1) is 43.6. The third kappa shape index (κ3) is 6.94. The van der Waals surface area contributed by atoms with Crippen molar-refractivity contribution in [1.29, 1.82) is 0 Å². The molecule has 60 heavy (non-hydrogen) atoms. The molecule has 1 amide bonds. The summed E-state index contributed by atoms with van der Waals surface area (Å²) in [5.41, 5.74) is 9.31. The number of allylic oxidation sites excluding steroid dienone is 5. The molecule has 1 aromatic heterocycles. The molecule has 5 fully saturated rings. The van der Waals surface area contributed by atoms with Gasteiger partial charge in [-0.2, -0.15) is 0 Å². The van der Waals surface area contributed by atoms with Crippen LogP contribution in [0.3, 0.4) is 0 Å². The van der Waals surface area contributed by atoms with Gasteiger partial charge in [0.15, 0.2) is 9.84 Å². The van der Waals surface area contributed by atoms with Crippen molar-refractivity contribution in [2.45, 2.75) is 124 Å². The van der Waals surface area contributed by atoms with Gasteiger partial charge in [-0.05, 0) is 159 Å². The Morgan fingerprint density at radius 3 is 2.38 bits per heavy atom. The van der Waals surface area contributed by atoms with Crippen LogP contribution in [-0.4, -0.2) is 85.1 Å². The van der Waals surface area contributed by atoms with Crippen LogP contribution in [0.1, 0.15) is 129 Å². The first-order chi connectivity index (χ1) is 28.2. The summed E-state index contributed by atoms with van der Waals surface area (Å²) in [5, 5.41) is 14.7. The van der Waals surface area contributed by atoms with E-state index >= 15 is 0 Å². The van der Waals surface area contributed by atoms with Crippen LogP contribution in [0.15, 0.2) is 53.8 Å². The van der Waals surface area contributed by atoms with E-state index in [0.29, 0.717) is 61.9 Å². The van der Waals surface area contributed by atoms with Crippen molar-refractivity contribution in [3.8, 4) is 5.88 Å². The van der Waals surface area contributed by atoms with Gasteiger partial charge in [-0.25, -0.2) is 13.4 Å². The number of nitrogens with one attached hydrogen (secondary N) is 1. The molecule has 0 bridgehead atoms. The van der Waals surface area contributed by atoms with E-state index in [1.807, 2.05) is 0 Å². The molecule has 10 nitrogen and oxygen atoms in total. The number of fused-ring (bicyclic) bond motifs is 7. The van der Waals surface area contributed by atoms with Crippen molar-refractivity contribution in [2.75, 3.05) is 44.3 Å². The summed E-state index contributed by atoms with van der Waals surface area (Å²) in [6, 6.07) is 3.16. The highest BCUT2D eigenvalue weighted by molar-refractivity contribution is 7.91. The van der Waals surface area contributed by atoms with E-state index in [0.717, 1.165) is 19.5 Å². The Morgan fingerprint density at radius 2 is 1.72 bits per heavy atom. The molecule has 10 atom stereocenters. The van der Waals surface area contributed by atoms with Crippen molar-refractivity contribution < 1.29 is 27.9 Å². The van der Waals surface area contributed by atoms with E-state index in [4.69, 9.17) is 10.5 Å². The van der Waals surface area contributed by atoms with Gasteiger partial charge in [-0.15, -0.1) is 0 Å². The molecular weight excluding hydrogens is 773 g/mol. The highest BCUT2D eigenvalue weighted by atomic mass is 32.2. The number of pyridine rings is 1. The number of nitrogens with zero attached hydrogens (tertiary/aromatic N) is 2. The normalized spacial score (nSPS) is 40.7. The van der Waals surface area contributed by atoms with Crippen LogP contribution in [0.5, 0.6) is 5.88 Å². The second-order valence-electron chi connectivity index (χ2n) is 21.8. The molecule has 7 aliphatic rings. The Hall–Kier alpha value is -3.02. The lowest BCUT2D eigenvalue weighted by Gasteiger charge is -2.72. The molecule has 4 saturated carbocycles. The molecule has 4 N–H and O–H groups in total. The number of carbonyl (C=O) groups excluding carboxylic acids is 1. The SMILES string of the molecule is C=C(C)[C@@H]1CC[C@]2(NCCN3CCS(=O)(=O)CC3)CC[C@]3(C)[C@H](CC[C@@H]4[C@@]5(C)CC=C(C6=CC[C@](COc7ncccc7C(N)=O)(C(=O)O)CC6)C(C)(C)[C@@H]5CC[C@]43C)[C@@H]12. The van der Waals surface area contributed by atoms with Gasteiger partial charge in [0, 0.05) is 37.9 Å². The minimum Gasteiger partial charge on any atom is -0.481 e. The quantitative estimate of drug-likeness (QED) is 0.188. The maximum atomic E-state index is 12.8. The molecule has 0 unspecified atom stereocenters. The van der Waals surface area contributed by atoms with Crippen molar-refractivity contribution in [3.05, 3.63) is 59.3 Å². The molecule has 8 rings (SSSR count). The van der Waals surface area contributed by atoms with Crippen LogP contribution >= 0.6 is 0 Å². The Kier molecular flexibility index (Phi) is 11.2. The third-order valence-electron chi connectivity index (χ3n) is 18.9. The van der Waals surface area contributed by atoms with Crippen molar-refractivity contribution in [3.63, 3.8) is 0 Å². The minimum atomic E-state index is -2.89. The number of aliphatic carboxylic acids is 1. The number of hydrogen-bond acceptors (Lipinski definition) is 8. The van der Waals surface area contributed by atoms with Gasteiger partial charge < -0.3 is 25.8 Å². The summed E-state index contributed by atoms with van der Waals surface area (Å²) in [6.07, 6.45) is 18.6. The number of carboxylic acid groups (broad SMARTS) is 1. The largest absolute Gasteiger partial charge is 0.481 e. The molecule has 11 heteroatoms. The summed E-state index contributed by atoms with van der Waals surface area (Å²) >= 11 is 0. The zero-order valence-electron chi connectivity index (χ0n) is 37.3. The maximum absolute atomic E-state index is 12.8. The van der Waals surface area contributed by atoms with E-state index in [2.05, 4.69) is 75.5 Å². The molecule has 0 spiro atoms. The van der Waals surface area contributed by atoms with Gasteiger partial charge >= 0.3 is 5.97 Å². The number of carbonyl (C=O) groups is 2. The first-order valence-electron chi connectivity index (χ1n) is 23.1. The molecule has 0 radical (unpaired) electrons. The fraction of sp³-hybridized carbons (Fsp3) is 0.735. The standard InChI is InChI=1S/C49H72N4O6S/c1-32(2)34-14-21-49(52-25-26-53-27-29-60(57,58)30-28-53)23-22-46(6)37(40(34)49)10-11-39-45(5)17-15-36(44(3,4)38(45)16-18-47(39,46)7)33-12-19-48(20-13-33,43(55)56)31-59-42-35(41(50)54)9-8-24-51-42/h8-9,12,15,24,34,37-40,52H,1,10-11,13-14,16-23,25-31H2,2-7H3,(H2,50,54)(H,55,56)/t34-,37+,38-,39+,40+,45-,46+,47+,48-,49-/m0/s1. The van der Waals surface area contributed by atoms with Crippen LogP contribution in [0.4, 0.5) is 0 Å². The summed E-state index contributed by atoms with van der Waals surface area (Å²) in [5.74, 6) is 1.99. The number of aromatic nitrogens is 1. The zero-order valence-corrected chi connectivity index (χ0v) is 38.1. The number of primary amides is 1. The van der Waals surface area contributed by atoms with Gasteiger partial charge in [-0.3, -0.25) is 9.59 Å². The molecule has 1 aliphatic heterocycles. The number of rotatable bonds is 11. The second kappa shape index (κ2) is 15.4. The monoisotopic (exact) mass is 845 g/mol. The number of nitrogens with two attached hydrogens (primary N) is 1. The average molecular weight is 845 g/mol. The van der Waals surface area contributed by atoms with E-state index in [-0.39, 0.29) is 56.8 Å². The van der Waals surface area contributed by atoms with Crippen molar-refractivity contribution >= 4 is 21.7 Å². The van der Waals surface area contributed by atoms with Gasteiger partial charge in [-0.1, -0.05) is 58.9 Å². The number of sulfone groups is 1. The lowest BCUT2D eigenvalue weighted by molar-refractivity contribution is -0.221. The molecule has 330 valence electrons. The third-order valence-corrected chi connectivity index (χ3v) is 20.5. The molecule has 0 aromatic carbocycles. The Labute approximate surface area is 359 Å². The van der Waals surface area contributed by atoms with E-state index in [1.165, 1.54) is 74.3 Å². The number of amides is 1. The zero-order chi connectivity index (χ0) is 43.1. The summed E-state index contributed by atoms with van der Waals surface area (Å²) in [6.45, 7) is 22.9. The van der Waals surface area contributed by atoms with E-state index in [1.54, 1.807) is 12.1 Å². The number of carboxylic acids is 1. The van der Waals surface area contributed by atoms with Crippen LogP contribution in [0, 0.1) is 56.7 Å². The van der Waals surface area contributed by atoms with Crippen molar-refractivity contribution in [1.82, 2.24) is 15.2 Å². The van der Waals surface area contributed by atoms with Crippen LogP contribution in [-0.2, 0) is 14.6 Å². The second-order valence-corrected chi connectivity index (χ2v) is 24.1. The molecular formula is C49H72N4O6S. The first-order valence-corrected chi connectivity index (χ1v) is 24.9. The van der Waals surface area contributed by atoms with Crippen LogP contribution in [0.25, 0.3) is 0 Å². The van der Waals surface area contributed by atoms with Gasteiger partial charge in [0.05, 0.1) is 11.5 Å². The molecule has 2 heterocycles. The minimum absolute atomic E-state index is 0.0529. The van der Waals surface area contributed by atoms with Crippen LogP contribution in [0.2, 0.25) is 0 Å². The molecule has 1 aromatic rings. The number of hydrogen-bond donors (Lipinski definition) is 3. The molecule has 6 aliphatic carbocycles.